The molecule has 1 aromatic carbocycles. The van der Waals surface area contributed by atoms with Crippen LogP contribution in [0, 0.1) is 5.92 Å². The molecule has 0 bridgehead atoms. The van der Waals surface area contributed by atoms with Gasteiger partial charge in [-0.1, -0.05) is 12.1 Å². The largest absolute Gasteiger partial charge is 0.478 e. The van der Waals surface area contributed by atoms with Crippen molar-refractivity contribution >= 4 is 11.8 Å². The van der Waals surface area contributed by atoms with E-state index in [1.165, 1.54) is 0 Å². The number of carbonyl (C=O) groups excluding carboxylic acids is 1. The van der Waals surface area contributed by atoms with Crippen LogP contribution in [0.3, 0.4) is 0 Å². The topological polar surface area (TPSA) is 54.4 Å². The lowest BCUT2D eigenvalue weighted by atomic mass is 9.84. The van der Waals surface area contributed by atoms with Gasteiger partial charge in [-0.3, -0.25) is 4.79 Å². The van der Waals surface area contributed by atoms with Gasteiger partial charge in [0.25, 0.3) is 0 Å². The summed E-state index contributed by atoms with van der Waals surface area (Å²) in [5, 5.41) is 8.92. The highest BCUT2D eigenvalue weighted by Crippen LogP contribution is 2.25. The number of ketones is 1. The Labute approximate surface area is 107 Å². The van der Waals surface area contributed by atoms with Gasteiger partial charge < -0.3 is 5.11 Å². The van der Waals surface area contributed by atoms with E-state index in [4.69, 9.17) is 5.11 Å². The van der Waals surface area contributed by atoms with Crippen molar-refractivity contribution in [3.8, 4) is 0 Å². The van der Waals surface area contributed by atoms with Crippen LogP contribution in [0.25, 0.3) is 0 Å². The summed E-state index contributed by atoms with van der Waals surface area (Å²) in [7, 11) is 0. The Kier molecular flexibility index (Phi) is 4.13. The van der Waals surface area contributed by atoms with Gasteiger partial charge in [0.2, 0.25) is 0 Å². The van der Waals surface area contributed by atoms with Crippen molar-refractivity contribution in [3.63, 3.8) is 0 Å². The van der Waals surface area contributed by atoms with Gasteiger partial charge in [0.15, 0.2) is 0 Å². The van der Waals surface area contributed by atoms with Crippen molar-refractivity contribution in [2.45, 2.75) is 38.5 Å². The minimum atomic E-state index is -0.885. The molecule has 1 atom stereocenters. The number of rotatable bonds is 4. The van der Waals surface area contributed by atoms with Gasteiger partial charge in [0.1, 0.15) is 5.78 Å². The molecule has 18 heavy (non-hydrogen) atoms. The summed E-state index contributed by atoms with van der Waals surface area (Å²) in [5.74, 6) is -0.0186. The lowest BCUT2D eigenvalue weighted by Crippen LogP contribution is -2.15. The van der Waals surface area contributed by atoms with E-state index in [9.17, 15) is 9.59 Å². The van der Waals surface area contributed by atoms with E-state index < -0.39 is 5.97 Å². The molecule has 3 heteroatoms. The molecule has 0 heterocycles. The molecule has 1 saturated carbocycles. The minimum absolute atomic E-state index is 0.340. The number of Topliss-reactive ketones (excluding diaryl/α,β-unsaturated/α-hetero) is 1. The van der Waals surface area contributed by atoms with Crippen LogP contribution in [0.4, 0.5) is 0 Å². The predicted molar refractivity (Wildman–Crippen MR) is 68.7 cm³/mol. The molecule has 0 amide bonds. The van der Waals surface area contributed by atoms with Crippen LogP contribution >= 0.6 is 0 Å². The van der Waals surface area contributed by atoms with Crippen LogP contribution in [0.5, 0.6) is 0 Å². The number of hydrogen-bond acceptors (Lipinski definition) is 2. The van der Waals surface area contributed by atoms with Crippen molar-refractivity contribution < 1.29 is 14.7 Å². The molecular weight excluding hydrogens is 228 g/mol. The fraction of sp³-hybridized carbons (Fsp3) is 0.467. The van der Waals surface area contributed by atoms with Crippen molar-refractivity contribution in [1.82, 2.24) is 0 Å². The highest BCUT2D eigenvalue weighted by atomic mass is 16.4. The summed E-state index contributed by atoms with van der Waals surface area (Å²) >= 11 is 0. The maximum atomic E-state index is 11.4. The highest BCUT2D eigenvalue weighted by molar-refractivity contribution is 5.87. The second-order valence-electron chi connectivity index (χ2n) is 5.05. The standard InChI is InChI=1S/C15H18O3/c16-14-6-2-4-12(10-14)8-7-11-3-1-5-13(9-11)15(17)18/h1,3,5,9,12H,2,4,6-8,10H2,(H,17,18). The van der Waals surface area contributed by atoms with Gasteiger partial charge in [0, 0.05) is 12.8 Å². The molecule has 1 aliphatic rings. The number of carboxylic acid groups (broad SMARTS) is 1. The van der Waals surface area contributed by atoms with Crippen molar-refractivity contribution in [2.24, 2.45) is 5.92 Å². The normalized spacial score (nSPS) is 19.8. The molecule has 1 aromatic rings. The van der Waals surface area contributed by atoms with Gasteiger partial charge in [-0.05, 0) is 49.3 Å². The molecule has 0 saturated heterocycles. The molecule has 0 aliphatic heterocycles. The summed E-state index contributed by atoms with van der Waals surface area (Å²) < 4.78 is 0. The maximum absolute atomic E-state index is 11.4. The first kappa shape index (κ1) is 12.8. The third-order valence-corrected chi connectivity index (χ3v) is 3.60. The number of carbonyl (C=O) groups is 2. The van der Waals surface area contributed by atoms with E-state index >= 15 is 0 Å². The Bertz CT molecular complexity index is 451. The molecule has 2 rings (SSSR count). The van der Waals surface area contributed by atoms with Crippen molar-refractivity contribution in [2.75, 3.05) is 0 Å². The van der Waals surface area contributed by atoms with E-state index in [0.29, 0.717) is 23.7 Å². The van der Waals surface area contributed by atoms with Crippen LogP contribution in [0.15, 0.2) is 24.3 Å². The lowest BCUT2D eigenvalue weighted by molar-refractivity contribution is -0.121. The third-order valence-electron chi connectivity index (χ3n) is 3.60. The smallest absolute Gasteiger partial charge is 0.335 e. The van der Waals surface area contributed by atoms with Crippen LogP contribution in [-0.2, 0) is 11.2 Å². The number of carboxylic acids is 1. The molecule has 1 fully saturated rings. The zero-order chi connectivity index (χ0) is 13.0. The first-order chi connectivity index (χ1) is 8.65. The molecule has 0 radical (unpaired) electrons. The summed E-state index contributed by atoms with van der Waals surface area (Å²) in [6.07, 6.45) is 5.43. The quantitative estimate of drug-likeness (QED) is 0.888. The number of hydrogen-bond donors (Lipinski definition) is 1. The van der Waals surface area contributed by atoms with Crippen molar-refractivity contribution in [3.05, 3.63) is 35.4 Å². The second kappa shape index (κ2) is 5.80. The van der Waals surface area contributed by atoms with Gasteiger partial charge in [-0.2, -0.15) is 0 Å². The molecule has 0 aromatic heterocycles. The van der Waals surface area contributed by atoms with Gasteiger partial charge >= 0.3 is 5.97 Å². The molecular formula is C15H18O3. The average molecular weight is 246 g/mol. The van der Waals surface area contributed by atoms with Crippen LogP contribution in [0.2, 0.25) is 0 Å². The Morgan fingerprint density at radius 1 is 1.39 bits per heavy atom. The summed E-state index contributed by atoms with van der Waals surface area (Å²) in [4.78, 5) is 22.2. The fourth-order valence-electron chi connectivity index (χ4n) is 2.59. The summed E-state index contributed by atoms with van der Waals surface area (Å²) in [5.41, 5.74) is 1.39. The molecule has 1 unspecified atom stereocenters. The Morgan fingerprint density at radius 3 is 2.94 bits per heavy atom. The van der Waals surface area contributed by atoms with E-state index in [1.54, 1.807) is 18.2 Å². The molecule has 1 N–H and O–H groups in total. The second-order valence-corrected chi connectivity index (χ2v) is 5.05. The van der Waals surface area contributed by atoms with Crippen molar-refractivity contribution in [1.29, 1.82) is 0 Å². The zero-order valence-corrected chi connectivity index (χ0v) is 10.4. The van der Waals surface area contributed by atoms with Gasteiger partial charge in [0.05, 0.1) is 5.56 Å². The first-order valence-electron chi connectivity index (χ1n) is 6.49. The minimum Gasteiger partial charge on any atom is -0.478 e. The van der Waals surface area contributed by atoms with Crippen LogP contribution in [0.1, 0.15) is 48.0 Å². The molecule has 96 valence electrons. The highest BCUT2D eigenvalue weighted by Gasteiger charge is 2.19. The predicted octanol–water partition coefficient (Wildman–Crippen LogP) is 3.08. The number of benzene rings is 1. The molecule has 3 nitrogen and oxygen atoms in total. The zero-order valence-electron chi connectivity index (χ0n) is 10.4. The summed E-state index contributed by atoms with van der Waals surface area (Å²) in [6, 6.07) is 7.07. The lowest BCUT2D eigenvalue weighted by Gasteiger charge is -2.20. The monoisotopic (exact) mass is 246 g/mol. The van der Waals surface area contributed by atoms with E-state index in [-0.39, 0.29) is 0 Å². The van der Waals surface area contributed by atoms with Gasteiger partial charge in [-0.25, -0.2) is 4.79 Å². The van der Waals surface area contributed by atoms with E-state index in [0.717, 1.165) is 37.7 Å². The van der Waals surface area contributed by atoms with Crippen LogP contribution < -0.4 is 0 Å². The molecule has 0 spiro atoms. The average Bonchev–Trinajstić information content (AvgIpc) is 2.37. The fourth-order valence-corrected chi connectivity index (χ4v) is 2.59. The maximum Gasteiger partial charge on any atom is 0.335 e. The van der Waals surface area contributed by atoms with E-state index in [1.807, 2.05) is 6.07 Å². The SMILES string of the molecule is O=C1CCCC(CCc2cccc(C(=O)O)c2)C1. The molecule has 1 aliphatic carbocycles. The third kappa shape index (κ3) is 3.42. The van der Waals surface area contributed by atoms with Gasteiger partial charge in [-0.15, -0.1) is 0 Å². The summed E-state index contributed by atoms with van der Waals surface area (Å²) in [6.45, 7) is 0. The Hall–Kier alpha value is -1.64. The van der Waals surface area contributed by atoms with E-state index in [2.05, 4.69) is 0 Å². The number of aryl methyl sites for hydroxylation is 1. The Balaban J connectivity index is 1.91. The Morgan fingerprint density at radius 2 is 2.22 bits per heavy atom. The number of aromatic carboxylic acids is 1. The van der Waals surface area contributed by atoms with Crippen LogP contribution in [-0.4, -0.2) is 16.9 Å². The first-order valence-corrected chi connectivity index (χ1v) is 6.49.